The predicted octanol–water partition coefficient (Wildman–Crippen LogP) is 1.83. The van der Waals surface area contributed by atoms with E-state index in [4.69, 9.17) is 5.73 Å². The molecule has 0 aliphatic carbocycles. The number of benzene rings is 2. The van der Waals surface area contributed by atoms with Crippen molar-refractivity contribution in [1.82, 2.24) is 9.55 Å². The zero-order chi connectivity index (χ0) is 19.4. The zero-order valence-electron chi connectivity index (χ0n) is 14.9. The second-order valence-electron chi connectivity index (χ2n) is 5.98. The van der Waals surface area contributed by atoms with Gasteiger partial charge in [0.25, 0.3) is 11.5 Å². The number of nitrogens with zero attached hydrogens (tertiary/aromatic N) is 2. The number of nitrogens with two attached hydrogens (primary N) is 1. The van der Waals surface area contributed by atoms with Crippen molar-refractivity contribution in [3.8, 4) is 0 Å². The highest BCUT2D eigenvalue weighted by atomic mass is 16.2. The number of hydrogen-bond donors (Lipinski definition) is 2. The van der Waals surface area contributed by atoms with Crippen molar-refractivity contribution in [2.45, 2.75) is 13.5 Å². The highest BCUT2D eigenvalue weighted by molar-refractivity contribution is 6.07. The quantitative estimate of drug-likeness (QED) is 0.721. The summed E-state index contributed by atoms with van der Waals surface area (Å²) in [5.74, 6) is -0.404. The number of aromatic nitrogens is 2. The van der Waals surface area contributed by atoms with Crippen LogP contribution in [0.3, 0.4) is 0 Å². The van der Waals surface area contributed by atoms with Gasteiger partial charge in [0.2, 0.25) is 0 Å². The molecule has 1 amide bonds. The summed E-state index contributed by atoms with van der Waals surface area (Å²) in [6, 6.07) is 17.9. The Morgan fingerprint density at radius 2 is 1.63 bits per heavy atom. The molecule has 1 heterocycles. The van der Waals surface area contributed by atoms with E-state index >= 15 is 0 Å². The smallest absolute Gasteiger partial charge is 0.330 e. The lowest BCUT2D eigenvalue weighted by atomic mass is 10.2. The number of carbonyl (C=O) groups excluding carboxylic acids is 1. The lowest BCUT2D eigenvalue weighted by Crippen LogP contribution is -2.41. The maximum atomic E-state index is 12.9. The second-order valence-corrected chi connectivity index (χ2v) is 5.98. The van der Waals surface area contributed by atoms with E-state index < -0.39 is 11.2 Å². The van der Waals surface area contributed by atoms with E-state index in [0.717, 1.165) is 5.56 Å². The maximum Gasteiger partial charge on any atom is 0.330 e. The number of nitrogen functional groups attached to an aromatic ring is 1. The number of rotatable bonds is 5. The Hall–Kier alpha value is -3.61. The van der Waals surface area contributed by atoms with Gasteiger partial charge >= 0.3 is 5.69 Å². The Morgan fingerprint density at radius 1 is 1.04 bits per heavy atom. The minimum absolute atomic E-state index is 0.0260. The molecule has 3 rings (SSSR count). The topological polar surface area (TPSA) is 101 Å². The van der Waals surface area contributed by atoms with Crippen LogP contribution >= 0.6 is 0 Å². The van der Waals surface area contributed by atoms with Gasteiger partial charge in [-0.15, -0.1) is 0 Å². The van der Waals surface area contributed by atoms with Gasteiger partial charge in [0.15, 0.2) is 5.69 Å². The Kier molecular flexibility index (Phi) is 5.21. The first kappa shape index (κ1) is 18.2. The third-order valence-corrected chi connectivity index (χ3v) is 4.25. The monoisotopic (exact) mass is 364 g/mol. The Bertz CT molecular complexity index is 1060. The van der Waals surface area contributed by atoms with E-state index in [1.807, 2.05) is 30.3 Å². The molecule has 0 fully saturated rings. The van der Waals surface area contributed by atoms with Crippen LogP contribution in [0.1, 0.15) is 22.8 Å². The molecule has 3 N–H and O–H groups in total. The third-order valence-electron chi connectivity index (χ3n) is 4.25. The highest BCUT2D eigenvalue weighted by Gasteiger charge is 2.23. The largest absolute Gasteiger partial charge is 0.383 e. The van der Waals surface area contributed by atoms with Crippen molar-refractivity contribution in [1.29, 1.82) is 0 Å². The lowest BCUT2D eigenvalue weighted by Gasteiger charge is -2.23. The van der Waals surface area contributed by atoms with Crippen molar-refractivity contribution < 1.29 is 4.79 Å². The van der Waals surface area contributed by atoms with Gasteiger partial charge in [-0.05, 0) is 24.6 Å². The van der Waals surface area contributed by atoms with Gasteiger partial charge in [0.05, 0.1) is 6.54 Å². The Labute approximate surface area is 155 Å². The molecule has 0 saturated heterocycles. The van der Waals surface area contributed by atoms with Crippen molar-refractivity contribution in [2.24, 2.45) is 0 Å². The van der Waals surface area contributed by atoms with E-state index in [1.54, 1.807) is 37.3 Å². The van der Waals surface area contributed by atoms with Gasteiger partial charge in [-0.1, -0.05) is 48.5 Å². The first-order valence-electron chi connectivity index (χ1n) is 8.56. The van der Waals surface area contributed by atoms with Gasteiger partial charge in [-0.2, -0.15) is 0 Å². The van der Waals surface area contributed by atoms with E-state index in [0.29, 0.717) is 5.56 Å². The average molecular weight is 364 g/mol. The van der Waals surface area contributed by atoms with Crippen LogP contribution < -0.4 is 21.9 Å². The standard InChI is InChI=1S/C20H20N4O3/c1-2-23(19(26)15-11-7-4-8-12-15)16-17(21)24(20(27)22-18(16)25)13-14-9-5-3-6-10-14/h3-12H,2,13,21H2,1H3,(H,22,25,27). The number of H-pyrrole nitrogens is 1. The van der Waals surface area contributed by atoms with Gasteiger partial charge < -0.3 is 10.6 Å². The molecule has 0 radical (unpaired) electrons. The summed E-state index contributed by atoms with van der Waals surface area (Å²) in [6.07, 6.45) is 0. The minimum Gasteiger partial charge on any atom is -0.383 e. The normalized spacial score (nSPS) is 10.6. The van der Waals surface area contributed by atoms with Crippen molar-refractivity contribution in [3.05, 3.63) is 92.6 Å². The number of anilines is 2. The molecule has 3 aromatic rings. The fourth-order valence-electron chi connectivity index (χ4n) is 2.90. The van der Waals surface area contributed by atoms with Crippen molar-refractivity contribution in [2.75, 3.05) is 17.2 Å². The minimum atomic E-state index is -0.687. The molecule has 1 aromatic heterocycles. The molecule has 2 aromatic carbocycles. The maximum absolute atomic E-state index is 12.9. The summed E-state index contributed by atoms with van der Waals surface area (Å²) in [7, 11) is 0. The first-order chi connectivity index (χ1) is 13.0. The number of nitrogens with one attached hydrogen (secondary N) is 1. The predicted molar refractivity (Wildman–Crippen MR) is 105 cm³/mol. The van der Waals surface area contributed by atoms with Crippen LogP contribution in [0.2, 0.25) is 0 Å². The van der Waals surface area contributed by atoms with E-state index in [9.17, 15) is 14.4 Å². The van der Waals surface area contributed by atoms with Crippen LogP contribution in [-0.4, -0.2) is 22.0 Å². The van der Waals surface area contributed by atoms with Crippen molar-refractivity contribution >= 4 is 17.4 Å². The fraction of sp³-hybridized carbons (Fsp3) is 0.150. The summed E-state index contributed by atoms with van der Waals surface area (Å²) in [5.41, 5.74) is 6.12. The van der Waals surface area contributed by atoms with Gasteiger partial charge in [-0.3, -0.25) is 19.1 Å². The number of carbonyl (C=O) groups is 1. The van der Waals surface area contributed by atoms with Gasteiger partial charge in [0.1, 0.15) is 5.82 Å². The average Bonchev–Trinajstić information content (AvgIpc) is 2.69. The number of hydrogen-bond acceptors (Lipinski definition) is 4. The van der Waals surface area contributed by atoms with E-state index in [-0.39, 0.29) is 30.5 Å². The molecule has 7 nitrogen and oxygen atoms in total. The zero-order valence-corrected chi connectivity index (χ0v) is 14.9. The molecule has 0 unspecified atom stereocenters. The Morgan fingerprint density at radius 3 is 2.22 bits per heavy atom. The van der Waals surface area contributed by atoms with Crippen LogP contribution in [0.25, 0.3) is 0 Å². The molecule has 7 heteroatoms. The molecule has 138 valence electrons. The van der Waals surface area contributed by atoms with Crippen LogP contribution in [0.15, 0.2) is 70.3 Å². The summed E-state index contributed by atoms with van der Waals surface area (Å²) >= 11 is 0. The summed E-state index contributed by atoms with van der Waals surface area (Å²) in [6.45, 7) is 2.16. The summed E-state index contributed by atoms with van der Waals surface area (Å²) in [4.78, 5) is 41.2. The number of aromatic amines is 1. The molecule has 27 heavy (non-hydrogen) atoms. The molecule has 0 aliphatic rings. The third kappa shape index (κ3) is 3.67. The fourth-order valence-corrected chi connectivity index (χ4v) is 2.90. The molecule has 0 spiro atoms. The molecule has 0 aliphatic heterocycles. The van der Waals surface area contributed by atoms with E-state index in [2.05, 4.69) is 4.98 Å². The number of amides is 1. The Balaban J connectivity index is 2.09. The van der Waals surface area contributed by atoms with Gasteiger partial charge in [0, 0.05) is 12.1 Å². The molecule has 0 atom stereocenters. The highest BCUT2D eigenvalue weighted by Crippen LogP contribution is 2.20. The molecular formula is C20H20N4O3. The van der Waals surface area contributed by atoms with Crippen LogP contribution in [0.5, 0.6) is 0 Å². The van der Waals surface area contributed by atoms with Crippen LogP contribution in [0, 0.1) is 0 Å². The lowest BCUT2D eigenvalue weighted by molar-refractivity contribution is 0.0988. The van der Waals surface area contributed by atoms with E-state index in [1.165, 1.54) is 9.47 Å². The van der Waals surface area contributed by atoms with Crippen LogP contribution in [-0.2, 0) is 6.54 Å². The summed E-state index contributed by atoms with van der Waals surface area (Å²) < 4.78 is 1.26. The summed E-state index contributed by atoms with van der Waals surface area (Å²) in [5, 5.41) is 0. The van der Waals surface area contributed by atoms with Crippen molar-refractivity contribution in [3.63, 3.8) is 0 Å². The molecule has 0 bridgehead atoms. The first-order valence-corrected chi connectivity index (χ1v) is 8.56. The SMILES string of the molecule is CCN(C(=O)c1ccccc1)c1c(N)n(Cc2ccccc2)c(=O)[nH]c1=O. The molecular weight excluding hydrogens is 344 g/mol. The second kappa shape index (κ2) is 7.74. The molecule has 0 saturated carbocycles. The van der Waals surface area contributed by atoms with Crippen LogP contribution in [0.4, 0.5) is 11.5 Å². The van der Waals surface area contributed by atoms with Gasteiger partial charge in [-0.25, -0.2) is 4.79 Å².